The van der Waals surface area contributed by atoms with Crippen LogP contribution in [0.25, 0.3) is 5.57 Å². The average molecular weight is 555 g/mol. The van der Waals surface area contributed by atoms with E-state index < -0.39 is 11.2 Å². The highest BCUT2D eigenvalue weighted by Crippen LogP contribution is 2.57. The Morgan fingerprint density at radius 3 is 2.61 bits per heavy atom. The summed E-state index contributed by atoms with van der Waals surface area (Å²) in [5.74, 6) is -0.800. The zero-order valence-electron chi connectivity index (χ0n) is 18.0. The van der Waals surface area contributed by atoms with Crippen molar-refractivity contribution in [1.29, 1.82) is 0 Å². The molecule has 0 radical (unpaired) electrons. The lowest BCUT2D eigenvalue weighted by atomic mass is 9.66. The second-order valence-electron chi connectivity index (χ2n) is 7.73. The van der Waals surface area contributed by atoms with Crippen LogP contribution in [0.15, 0.2) is 27.8 Å². The number of fused-ring (bicyclic) bond motifs is 2. The molecule has 1 aliphatic carbocycles. The summed E-state index contributed by atoms with van der Waals surface area (Å²) >= 11 is 19.4. The van der Waals surface area contributed by atoms with Crippen molar-refractivity contribution in [2.45, 2.75) is 38.6 Å². The van der Waals surface area contributed by atoms with E-state index in [1.54, 1.807) is 12.3 Å². The van der Waals surface area contributed by atoms with Crippen molar-refractivity contribution < 1.29 is 19.7 Å². The van der Waals surface area contributed by atoms with Crippen LogP contribution >= 0.6 is 51.8 Å². The second-order valence-corrected chi connectivity index (χ2v) is 9.38. The van der Waals surface area contributed by atoms with Crippen molar-refractivity contribution >= 4 is 63.3 Å². The molecule has 1 aromatic carbocycles. The van der Waals surface area contributed by atoms with Gasteiger partial charge >= 0.3 is 5.97 Å². The minimum atomic E-state index is -0.980. The number of allylic oxidation sites excluding steroid dienone is 1. The van der Waals surface area contributed by atoms with Crippen LogP contribution in [-0.2, 0) is 16.0 Å². The van der Waals surface area contributed by atoms with Crippen LogP contribution < -0.4 is 11.1 Å². The first-order valence-electron chi connectivity index (χ1n) is 10.0. The molecule has 0 aromatic heterocycles. The number of hydrogen-bond donors (Lipinski definition) is 3. The molecule has 1 saturated heterocycles. The fourth-order valence-corrected chi connectivity index (χ4v) is 5.54. The SMILES string of the molecule is C=C(Cl)/C([NH3+])=C(\c1cc(Cl)c(Br)c(F)c1CCC)C1(C(=O)OC)CC2CC1CN2.CS. The van der Waals surface area contributed by atoms with Gasteiger partial charge in [-0.3, -0.25) is 4.79 Å². The minimum Gasteiger partial charge on any atom is -0.468 e. The van der Waals surface area contributed by atoms with E-state index >= 15 is 4.39 Å². The number of thiol groups is 1. The van der Waals surface area contributed by atoms with Gasteiger partial charge in [-0.25, -0.2) is 4.39 Å². The minimum absolute atomic E-state index is 0.0114. The maximum Gasteiger partial charge on any atom is 0.316 e. The number of esters is 1. The molecule has 172 valence electrons. The zero-order valence-corrected chi connectivity index (χ0v) is 21.9. The summed E-state index contributed by atoms with van der Waals surface area (Å²) in [6.07, 6.45) is 4.25. The van der Waals surface area contributed by atoms with Gasteiger partial charge in [-0.15, -0.1) is 0 Å². The van der Waals surface area contributed by atoms with E-state index in [-0.39, 0.29) is 32.5 Å². The molecule has 3 rings (SSSR count). The standard InChI is InChI=1S/C21H24BrCl2FN2O2.CH4S/c1-4-5-13-14(7-15(24)17(22)18(13)25)16(19(26)10(2)23)21(20(28)29-3)8-12-6-11(21)9-27-12;1-2/h7,11-12,27H,2,4-6,8-9,26H2,1,3H3;2H,1H3/p+1/b19-16-;. The van der Waals surface area contributed by atoms with Crippen LogP contribution in [0.2, 0.25) is 5.02 Å². The maximum absolute atomic E-state index is 15.3. The number of quaternary nitrogens is 1. The van der Waals surface area contributed by atoms with Crippen molar-refractivity contribution in [3.8, 4) is 0 Å². The second kappa shape index (κ2) is 11.0. The fourth-order valence-electron chi connectivity index (χ4n) is 4.90. The summed E-state index contributed by atoms with van der Waals surface area (Å²) < 4.78 is 20.7. The molecule has 1 saturated carbocycles. The van der Waals surface area contributed by atoms with E-state index in [4.69, 9.17) is 27.9 Å². The van der Waals surface area contributed by atoms with Crippen LogP contribution in [0.3, 0.4) is 0 Å². The summed E-state index contributed by atoms with van der Waals surface area (Å²) in [7, 11) is 1.38. The normalized spacial score (nSPS) is 24.9. The number of piperidine rings is 1. The quantitative estimate of drug-likeness (QED) is 0.201. The molecule has 2 bridgehead atoms. The van der Waals surface area contributed by atoms with E-state index in [1.165, 1.54) is 7.11 Å². The lowest BCUT2D eigenvalue weighted by Gasteiger charge is -2.38. The number of halogens is 4. The number of rotatable bonds is 6. The first-order valence-corrected chi connectivity index (χ1v) is 12.5. The van der Waals surface area contributed by atoms with Gasteiger partial charge in [0, 0.05) is 11.6 Å². The topological polar surface area (TPSA) is 66.0 Å². The van der Waals surface area contributed by atoms with Crippen molar-refractivity contribution in [3.05, 3.63) is 49.8 Å². The summed E-state index contributed by atoms with van der Waals surface area (Å²) in [6, 6.07) is 1.88. The summed E-state index contributed by atoms with van der Waals surface area (Å²) in [5.41, 5.74) is 5.19. The molecule has 1 aromatic rings. The molecule has 31 heavy (non-hydrogen) atoms. The van der Waals surface area contributed by atoms with E-state index in [0.717, 1.165) is 12.8 Å². The lowest BCUT2D eigenvalue weighted by Crippen LogP contribution is -2.53. The molecule has 2 fully saturated rings. The molecule has 4 nitrogen and oxygen atoms in total. The molecule has 3 unspecified atom stereocenters. The maximum atomic E-state index is 15.3. The molecule has 3 atom stereocenters. The molecule has 1 aliphatic heterocycles. The summed E-state index contributed by atoms with van der Waals surface area (Å²) in [5, 5.41) is 3.86. The smallest absolute Gasteiger partial charge is 0.316 e. The van der Waals surface area contributed by atoms with Crippen molar-refractivity contribution in [1.82, 2.24) is 5.32 Å². The third-order valence-electron chi connectivity index (χ3n) is 6.15. The van der Waals surface area contributed by atoms with Gasteiger partial charge in [0.25, 0.3) is 0 Å². The number of nitrogens with one attached hydrogen (secondary N) is 1. The first-order chi connectivity index (χ1) is 14.7. The lowest BCUT2D eigenvalue weighted by molar-refractivity contribution is -0.295. The van der Waals surface area contributed by atoms with Crippen LogP contribution in [0.5, 0.6) is 0 Å². The third-order valence-corrected chi connectivity index (χ3v) is 7.67. The Morgan fingerprint density at radius 2 is 2.16 bits per heavy atom. The van der Waals surface area contributed by atoms with E-state index in [0.29, 0.717) is 41.8 Å². The molecule has 0 amide bonds. The highest BCUT2D eigenvalue weighted by atomic mass is 79.9. The summed E-state index contributed by atoms with van der Waals surface area (Å²) in [4.78, 5) is 13.3. The van der Waals surface area contributed by atoms with Crippen molar-refractivity contribution in [2.24, 2.45) is 11.3 Å². The van der Waals surface area contributed by atoms with Gasteiger partial charge in [-0.05, 0) is 71.1 Å². The number of ether oxygens (including phenoxy) is 1. The van der Waals surface area contributed by atoms with Crippen molar-refractivity contribution in [3.63, 3.8) is 0 Å². The number of carbonyl (C=O) groups is 1. The van der Waals surface area contributed by atoms with Crippen LogP contribution in [0.4, 0.5) is 4.39 Å². The monoisotopic (exact) mass is 553 g/mol. The molecular formula is C22H29BrCl2FN2O2S+. The van der Waals surface area contributed by atoms with Crippen molar-refractivity contribution in [2.75, 3.05) is 19.9 Å². The summed E-state index contributed by atoms with van der Waals surface area (Å²) in [6.45, 7) is 6.47. The fraction of sp³-hybridized carbons (Fsp3) is 0.500. The van der Waals surface area contributed by atoms with Gasteiger partial charge in [0.1, 0.15) is 11.2 Å². The molecular weight excluding hydrogens is 526 g/mol. The number of hydrogen-bond acceptors (Lipinski definition) is 4. The largest absolute Gasteiger partial charge is 0.468 e. The Balaban J connectivity index is 0.00000166. The molecule has 4 N–H and O–H groups in total. The van der Waals surface area contributed by atoms with Crippen LogP contribution in [0.1, 0.15) is 37.3 Å². The van der Waals surface area contributed by atoms with E-state index in [9.17, 15) is 4.79 Å². The van der Waals surface area contributed by atoms with Gasteiger partial charge in [-0.2, -0.15) is 12.6 Å². The highest BCUT2D eigenvalue weighted by Gasteiger charge is 2.60. The predicted molar refractivity (Wildman–Crippen MR) is 132 cm³/mol. The van der Waals surface area contributed by atoms with E-state index in [2.05, 4.69) is 46.2 Å². The zero-order chi connectivity index (χ0) is 23.5. The van der Waals surface area contributed by atoms with Gasteiger partial charge in [-0.1, -0.05) is 43.1 Å². The first kappa shape index (κ1) is 26.7. The Bertz CT molecular complexity index is 912. The van der Waals surface area contributed by atoms with Gasteiger partial charge in [0.15, 0.2) is 5.70 Å². The number of benzene rings is 1. The average Bonchev–Trinajstić information content (AvgIpc) is 3.37. The molecule has 2 aliphatic rings. The van der Waals surface area contributed by atoms with Gasteiger partial charge in [0.05, 0.1) is 21.6 Å². The molecule has 1 heterocycles. The van der Waals surface area contributed by atoms with E-state index in [1.807, 2.05) is 6.92 Å². The van der Waals surface area contributed by atoms with Crippen LogP contribution in [0, 0.1) is 17.2 Å². The molecule has 9 heteroatoms. The Labute approximate surface area is 207 Å². The Morgan fingerprint density at radius 1 is 1.52 bits per heavy atom. The number of methoxy groups -OCH3 is 1. The Kier molecular flexibility index (Phi) is 9.50. The molecule has 0 spiro atoms. The third kappa shape index (κ3) is 4.73. The highest BCUT2D eigenvalue weighted by molar-refractivity contribution is 9.10. The predicted octanol–water partition coefficient (Wildman–Crippen LogP) is 4.99. The Hall–Kier alpha value is -0.570. The van der Waals surface area contributed by atoms with Gasteiger partial charge < -0.3 is 15.8 Å². The number of carbonyl (C=O) groups excluding carboxylic acids is 1. The van der Waals surface area contributed by atoms with Gasteiger partial charge in [0.2, 0.25) is 0 Å². The van der Waals surface area contributed by atoms with Crippen LogP contribution in [-0.4, -0.2) is 31.9 Å².